The van der Waals surface area contributed by atoms with Crippen molar-refractivity contribution < 1.29 is 9.90 Å². The molecule has 108 valence electrons. The van der Waals surface area contributed by atoms with E-state index in [4.69, 9.17) is 0 Å². The minimum Gasteiger partial charge on any atom is -0.393 e. The molecule has 0 bridgehead atoms. The van der Waals surface area contributed by atoms with E-state index in [9.17, 15) is 9.90 Å². The number of piperidine rings is 1. The first-order chi connectivity index (χ1) is 9.11. The van der Waals surface area contributed by atoms with Gasteiger partial charge in [0.25, 0.3) is 0 Å². The van der Waals surface area contributed by atoms with Crippen LogP contribution in [0.15, 0.2) is 0 Å². The second-order valence-corrected chi connectivity index (χ2v) is 7.20. The SMILES string of the molecule is CC1CCN(C2CC(O)CCC23CCCC3)C(=O)C1. The zero-order valence-electron chi connectivity index (χ0n) is 12.1. The molecule has 19 heavy (non-hydrogen) atoms. The van der Waals surface area contributed by atoms with Crippen LogP contribution in [0.3, 0.4) is 0 Å². The summed E-state index contributed by atoms with van der Waals surface area (Å²) >= 11 is 0. The fourth-order valence-corrected chi connectivity index (χ4v) is 4.70. The van der Waals surface area contributed by atoms with E-state index in [1.807, 2.05) is 0 Å². The van der Waals surface area contributed by atoms with E-state index >= 15 is 0 Å². The van der Waals surface area contributed by atoms with Gasteiger partial charge in [-0.15, -0.1) is 0 Å². The number of aliphatic hydroxyl groups excluding tert-OH is 1. The van der Waals surface area contributed by atoms with Gasteiger partial charge in [-0.3, -0.25) is 4.79 Å². The maximum atomic E-state index is 12.4. The fourth-order valence-electron chi connectivity index (χ4n) is 4.70. The van der Waals surface area contributed by atoms with E-state index < -0.39 is 0 Å². The second-order valence-electron chi connectivity index (χ2n) is 7.20. The molecular formula is C16H27NO2. The molecule has 1 saturated heterocycles. The van der Waals surface area contributed by atoms with Crippen LogP contribution in [-0.4, -0.2) is 34.6 Å². The van der Waals surface area contributed by atoms with Crippen LogP contribution in [0, 0.1) is 11.3 Å². The molecule has 1 amide bonds. The Morgan fingerprint density at radius 2 is 1.95 bits per heavy atom. The Hall–Kier alpha value is -0.570. The van der Waals surface area contributed by atoms with E-state index in [1.165, 1.54) is 25.7 Å². The van der Waals surface area contributed by atoms with Crippen molar-refractivity contribution in [3.63, 3.8) is 0 Å². The average Bonchev–Trinajstić information content (AvgIpc) is 2.83. The summed E-state index contributed by atoms with van der Waals surface area (Å²) in [7, 11) is 0. The summed E-state index contributed by atoms with van der Waals surface area (Å²) in [6.07, 6.45) is 9.69. The normalized spacial score (nSPS) is 38.9. The van der Waals surface area contributed by atoms with Gasteiger partial charge in [0.1, 0.15) is 0 Å². The molecule has 3 unspecified atom stereocenters. The maximum Gasteiger partial charge on any atom is 0.223 e. The smallest absolute Gasteiger partial charge is 0.223 e. The highest BCUT2D eigenvalue weighted by atomic mass is 16.3. The van der Waals surface area contributed by atoms with Crippen molar-refractivity contribution >= 4 is 5.91 Å². The van der Waals surface area contributed by atoms with E-state index in [0.29, 0.717) is 29.7 Å². The van der Waals surface area contributed by atoms with Gasteiger partial charge in [-0.1, -0.05) is 19.8 Å². The van der Waals surface area contributed by atoms with Crippen LogP contribution in [0.2, 0.25) is 0 Å². The van der Waals surface area contributed by atoms with Gasteiger partial charge in [0.05, 0.1) is 6.10 Å². The minimum absolute atomic E-state index is 0.191. The van der Waals surface area contributed by atoms with Crippen molar-refractivity contribution in [2.75, 3.05) is 6.54 Å². The van der Waals surface area contributed by atoms with Gasteiger partial charge in [0, 0.05) is 19.0 Å². The van der Waals surface area contributed by atoms with E-state index in [0.717, 1.165) is 32.2 Å². The molecular weight excluding hydrogens is 238 g/mol. The van der Waals surface area contributed by atoms with E-state index in [-0.39, 0.29) is 6.10 Å². The minimum atomic E-state index is -0.191. The van der Waals surface area contributed by atoms with Gasteiger partial charge in [0.2, 0.25) is 5.91 Å². The molecule has 1 N–H and O–H groups in total. The van der Waals surface area contributed by atoms with Gasteiger partial charge >= 0.3 is 0 Å². The summed E-state index contributed by atoms with van der Waals surface area (Å²) in [5.74, 6) is 0.876. The monoisotopic (exact) mass is 265 g/mol. The zero-order chi connectivity index (χ0) is 13.5. The van der Waals surface area contributed by atoms with Crippen LogP contribution in [0.1, 0.15) is 64.7 Å². The maximum absolute atomic E-state index is 12.4. The molecule has 3 heteroatoms. The summed E-state index contributed by atoms with van der Waals surface area (Å²) < 4.78 is 0. The molecule has 3 fully saturated rings. The Labute approximate surface area is 116 Å². The van der Waals surface area contributed by atoms with Crippen LogP contribution in [0.25, 0.3) is 0 Å². The third-order valence-electron chi connectivity index (χ3n) is 5.86. The van der Waals surface area contributed by atoms with Gasteiger partial charge in [-0.25, -0.2) is 0 Å². The van der Waals surface area contributed by atoms with Gasteiger partial charge in [-0.05, 0) is 49.9 Å². The number of carbonyl (C=O) groups excluding carboxylic acids is 1. The van der Waals surface area contributed by atoms with Crippen LogP contribution >= 0.6 is 0 Å². The number of likely N-dealkylation sites (tertiary alicyclic amines) is 1. The van der Waals surface area contributed by atoms with Crippen LogP contribution in [0.5, 0.6) is 0 Å². The van der Waals surface area contributed by atoms with Crippen LogP contribution in [-0.2, 0) is 4.79 Å². The molecule has 2 aliphatic carbocycles. The van der Waals surface area contributed by atoms with Crippen molar-refractivity contribution in [2.45, 2.75) is 76.9 Å². The summed E-state index contributed by atoms with van der Waals surface area (Å²) in [4.78, 5) is 14.5. The molecule has 1 aliphatic heterocycles. The molecule has 0 aromatic carbocycles. The van der Waals surface area contributed by atoms with Crippen molar-refractivity contribution in [3.8, 4) is 0 Å². The quantitative estimate of drug-likeness (QED) is 0.792. The Bertz CT molecular complexity index is 349. The Morgan fingerprint density at radius 1 is 1.21 bits per heavy atom. The molecule has 2 saturated carbocycles. The van der Waals surface area contributed by atoms with Gasteiger partial charge in [-0.2, -0.15) is 0 Å². The van der Waals surface area contributed by atoms with Crippen molar-refractivity contribution in [1.29, 1.82) is 0 Å². The second kappa shape index (κ2) is 5.08. The fraction of sp³-hybridized carbons (Fsp3) is 0.938. The topological polar surface area (TPSA) is 40.5 Å². The van der Waals surface area contributed by atoms with Gasteiger partial charge in [0.15, 0.2) is 0 Å². The lowest BCUT2D eigenvalue weighted by Crippen LogP contribution is -2.55. The first-order valence-corrected chi connectivity index (χ1v) is 8.08. The number of hydrogen-bond donors (Lipinski definition) is 1. The van der Waals surface area contributed by atoms with Gasteiger partial charge < -0.3 is 10.0 Å². The molecule has 3 rings (SSSR count). The molecule has 3 atom stereocenters. The number of carbonyl (C=O) groups is 1. The molecule has 1 heterocycles. The van der Waals surface area contributed by atoms with Crippen molar-refractivity contribution in [1.82, 2.24) is 4.90 Å². The van der Waals surface area contributed by atoms with Crippen LogP contribution < -0.4 is 0 Å². The zero-order valence-corrected chi connectivity index (χ0v) is 12.1. The molecule has 0 radical (unpaired) electrons. The summed E-state index contributed by atoms with van der Waals surface area (Å²) in [6.45, 7) is 3.09. The lowest BCUT2D eigenvalue weighted by molar-refractivity contribution is -0.144. The third-order valence-corrected chi connectivity index (χ3v) is 5.86. The average molecular weight is 265 g/mol. The third kappa shape index (κ3) is 2.42. The number of aliphatic hydroxyl groups is 1. The van der Waals surface area contributed by atoms with E-state index in [1.54, 1.807) is 0 Å². The highest BCUT2D eigenvalue weighted by molar-refractivity contribution is 5.77. The standard InChI is InChI=1S/C16H27NO2/c1-12-5-9-17(15(19)10-12)14-11-13(18)4-8-16(14)6-2-3-7-16/h12-14,18H,2-11H2,1H3. The first kappa shape index (κ1) is 13.4. The highest BCUT2D eigenvalue weighted by Gasteiger charge is 2.48. The number of nitrogens with zero attached hydrogens (tertiary/aromatic N) is 1. The number of rotatable bonds is 1. The Balaban J connectivity index is 1.80. The molecule has 3 aliphatic rings. The lowest BCUT2D eigenvalue weighted by atomic mass is 9.67. The first-order valence-electron chi connectivity index (χ1n) is 8.08. The predicted molar refractivity (Wildman–Crippen MR) is 74.7 cm³/mol. The summed E-state index contributed by atoms with van der Waals surface area (Å²) in [5, 5.41) is 10.1. The van der Waals surface area contributed by atoms with Crippen molar-refractivity contribution in [3.05, 3.63) is 0 Å². The molecule has 3 nitrogen and oxygen atoms in total. The summed E-state index contributed by atoms with van der Waals surface area (Å²) in [5.41, 5.74) is 0.343. The van der Waals surface area contributed by atoms with Crippen LogP contribution in [0.4, 0.5) is 0 Å². The predicted octanol–water partition coefficient (Wildman–Crippen LogP) is 2.72. The molecule has 0 aromatic heterocycles. The molecule has 0 aromatic rings. The number of amides is 1. The van der Waals surface area contributed by atoms with Crippen molar-refractivity contribution in [2.24, 2.45) is 11.3 Å². The summed E-state index contributed by atoms with van der Waals surface area (Å²) in [6, 6.07) is 0.318. The Morgan fingerprint density at radius 3 is 2.63 bits per heavy atom. The van der Waals surface area contributed by atoms with E-state index in [2.05, 4.69) is 11.8 Å². The number of hydrogen-bond acceptors (Lipinski definition) is 2. The highest BCUT2D eigenvalue weighted by Crippen LogP contribution is 2.51. The molecule has 1 spiro atoms. The Kier molecular flexibility index (Phi) is 3.59. The largest absolute Gasteiger partial charge is 0.393 e. The lowest BCUT2D eigenvalue weighted by Gasteiger charge is -2.50.